The van der Waals surface area contributed by atoms with E-state index in [0.29, 0.717) is 6.42 Å². The second-order valence-electron chi connectivity index (χ2n) is 2.78. The van der Waals surface area contributed by atoms with Gasteiger partial charge in [-0.15, -0.1) is 0 Å². The van der Waals surface area contributed by atoms with Crippen molar-refractivity contribution in [2.45, 2.75) is 32.8 Å². The SMILES string of the molecule is CC[C@]1(O)C(=O)SC(C)=C1C. The summed E-state index contributed by atoms with van der Waals surface area (Å²) in [5.74, 6) is 0. The van der Waals surface area contributed by atoms with Crippen molar-refractivity contribution in [1.82, 2.24) is 0 Å². The summed E-state index contributed by atoms with van der Waals surface area (Å²) in [4.78, 5) is 12.2. The molecule has 62 valence electrons. The normalized spacial score (nSPS) is 31.8. The van der Waals surface area contributed by atoms with Gasteiger partial charge in [0.2, 0.25) is 5.12 Å². The molecule has 0 saturated heterocycles. The van der Waals surface area contributed by atoms with E-state index in [4.69, 9.17) is 0 Å². The number of hydrogen-bond donors (Lipinski definition) is 1. The molecule has 3 heteroatoms. The molecular formula is C8H12O2S. The number of allylic oxidation sites excluding steroid dienone is 1. The van der Waals surface area contributed by atoms with Crippen LogP contribution < -0.4 is 0 Å². The maximum atomic E-state index is 11.2. The molecule has 0 saturated carbocycles. The summed E-state index contributed by atoms with van der Waals surface area (Å²) in [6, 6.07) is 0. The van der Waals surface area contributed by atoms with E-state index >= 15 is 0 Å². The molecule has 1 N–H and O–H groups in total. The Hall–Kier alpha value is -0.280. The van der Waals surface area contributed by atoms with Gasteiger partial charge >= 0.3 is 0 Å². The molecule has 1 aliphatic heterocycles. The van der Waals surface area contributed by atoms with Crippen molar-refractivity contribution >= 4 is 16.9 Å². The smallest absolute Gasteiger partial charge is 0.229 e. The summed E-state index contributed by atoms with van der Waals surface area (Å²) < 4.78 is 0. The highest BCUT2D eigenvalue weighted by Gasteiger charge is 2.42. The molecule has 0 unspecified atom stereocenters. The van der Waals surface area contributed by atoms with Gasteiger partial charge < -0.3 is 5.11 Å². The van der Waals surface area contributed by atoms with Crippen LogP contribution in [0.1, 0.15) is 27.2 Å². The van der Waals surface area contributed by atoms with Crippen LogP contribution in [0, 0.1) is 0 Å². The molecule has 0 aromatic heterocycles. The second-order valence-corrected chi connectivity index (χ2v) is 3.97. The molecule has 0 aromatic carbocycles. The van der Waals surface area contributed by atoms with E-state index in [0.717, 1.165) is 22.2 Å². The van der Waals surface area contributed by atoms with Gasteiger partial charge in [0.25, 0.3) is 0 Å². The van der Waals surface area contributed by atoms with Crippen LogP contribution in [0.5, 0.6) is 0 Å². The third-order valence-electron chi connectivity index (χ3n) is 2.24. The van der Waals surface area contributed by atoms with E-state index < -0.39 is 5.60 Å². The number of carbonyl (C=O) groups excluding carboxylic acids is 1. The van der Waals surface area contributed by atoms with E-state index in [1.54, 1.807) is 0 Å². The fourth-order valence-corrected chi connectivity index (χ4v) is 2.22. The van der Waals surface area contributed by atoms with Crippen LogP contribution in [-0.2, 0) is 4.79 Å². The first kappa shape index (κ1) is 8.81. The molecule has 1 aliphatic rings. The van der Waals surface area contributed by atoms with Crippen LogP contribution in [0.25, 0.3) is 0 Å². The Morgan fingerprint density at radius 3 is 2.27 bits per heavy atom. The highest BCUT2D eigenvalue weighted by Crippen LogP contribution is 2.41. The molecule has 1 heterocycles. The molecule has 0 spiro atoms. The maximum Gasteiger partial charge on any atom is 0.229 e. The fraction of sp³-hybridized carbons (Fsp3) is 0.625. The van der Waals surface area contributed by atoms with E-state index in [1.165, 1.54) is 0 Å². The van der Waals surface area contributed by atoms with Gasteiger partial charge in [-0.1, -0.05) is 18.7 Å². The lowest BCUT2D eigenvalue weighted by molar-refractivity contribution is -0.124. The van der Waals surface area contributed by atoms with Gasteiger partial charge in [-0.05, 0) is 30.7 Å². The predicted molar refractivity (Wildman–Crippen MR) is 46.2 cm³/mol. The Morgan fingerprint density at radius 1 is 1.55 bits per heavy atom. The Bertz CT molecular complexity index is 232. The largest absolute Gasteiger partial charge is 0.377 e. The second kappa shape index (κ2) is 2.64. The summed E-state index contributed by atoms with van der Waals surface area (Å²) in [6.07, 6.45) is 0.474. The minimum Gasteiger partial charge on any atom is -0.377 e. The van der Waals surface area contributed by atoms with Gasteiger partial charge in [0.05, 0.1) is 0 Å². The van der Waals surface area contributed by atoms with E-state index in [-0.39, 0.29) is 5.12 Å². The van der Waals surface area contributed by atoms with Crippen LogP contribution >= 0.6 is 11.8 Å². The molecule has 2 nitrogen and oxygen atoms in total. The molecular weight excluding hydrogens is 160 g/mol. The van der Waals surface area contributed by atoms with Crippen LogP contribution in [-0.4, -0.2) is 15.8 Å². The van der Waals surface area contributed by atoms with E-state index in [9.17, 15) is 9.90 Å². The van der Waals surface area contributed by atoms with Crippen molar-refractivity contribution in [1.29, 1.82) is 0 Å². The number of thioether (sulfide) groups is 1. The Labute approximate surface area is 70.7 Å². The van der Waals surface area contributed by atoms with Crippen molar-refractivity contribution in [2.24, 2.45) is 0 Å². The number of aliphatic hydroxyl groups is 1. The van der Waals surface area contributed by atoms with Gasteiger partial charge in [-0.2, -0.15) is 0 Å². The summed E-state index contributed by atoms with van der Waals surface area (Å²) in [5, 5.41) is 9.65. The first-order valence-corrected chi connectivity index (χ1v) is 4.46. The Balaban J connectivity index is 3.05. The van der Waals surface area contributed by atoms with Crippen molar-refractivity contribution in [3.8, 4) is 0 Å². The van der Waals surface area contributed by atoms with Crippen LogP contribution in [0.2, 0.25) is 0 Å². The molecule has 0 amide bonds. The van der Waals surface area contributed by atoms with Gasteiger partial charge in [0.15, 0.2) is 5.60 Å². The molecule has 0 fully saturated rings. The molecule has 11 heavy (non-hydrogen) atoms. The van der Waals surface area contributed by atoms with E-state index in [1.807, 2.05) is 20.8 Å². The lowest BCUT2D eigenvalue weighted by Gasteiger charge is -2.19. The number of rotatable bonds is 1. The van der Waals surface area contributed by atoms with E-state index in [2.05, 4.69) is 0 Å². The van der Waals surface area contributed by atoms with Crippen molar-refractivity contribution in [2.75, 3.05) is 0 Å². The zero-order chi connectivity index (χ0) is 8.65. The lowest BCUT2D eigenvalue weighted by atomic mass is 9.94. The van der Waals surface area contributed by atoms with Crippen LogP contribution in [0.4, 0.5) is 0 Å². The highest BCUT2D eigenvalue weighted by molar-refractivity contribution is 8.17. The summed E-state index contributed by atoms with van der Waals surface area (Å²) in [6.45, 7) is 5.50. The summed E-state index contributed by atoms with van der Waals surface area (Å²) in [5.41, 5.74) is -0.357. The average Bonchev–Trinajstić information content (AvgIpc) is 2.16. The first-order valence-electron chi connectivity index (χ1n) is 3.65. The minimum absolute atomic E-state index is 0.130. The zero-order valence-electron chi connectivity index (χ0n) is 6.97. The van der Waals surface area contributed by atoms with Crippen LogP contribution in [0.15, 0.2) is 10.5 Å². The zero-order valence-corrected chi connectivity index (χ0v) is 7.79. The minimum atomic E-state index is -1.17. The molecule has 1 atom stereocenters. The topological polar surface area (TPSA) is 37.3 Å². The van der Waals surface area contributed by atoms with Gasteiger partial charge in [-0.25, -0.2) is 0 Å². The number of hydrogen-bond acceptors (Lipinski definition) is 3. The summed E-state index contributed by atoms with van der Waals surface area (Å²) >= 11 is 1.15. The third-order valence-corrected chi connectivity index (χ3v) is 3.38. The first-order chi connectivity index (χ1) is 5.02. The highest BCUT2D eigenvalue weighted by atomic mass is 32.2. The monoisotopic (exact) mass is 172 g/mol. The Kier molecular flexibility index (Phi) is 2.12. The van der Waals surface area contributed by atoms with Gasteiger partial charge in [0, 0.05) is 0 Å². The quantitative estimate of drug-likeness (QED) is 0.654. The molecule has 0 aromatic rings. The van der Waals surface area contributed by atoms with Crippen LogP contribution in [0.3, 0.4) is 0 Å². The predicted octanol–water partition coefficient (Wildman–Crippen LogP) is 1.69. The molecule has 1 rings (SSSR count). The molecule has 0 aliphatic carbocycles. The maximum absolute atomic E-state index is 11.2. The van der Waals surface area contributed by atoms with Crippen molar-refractivity contribution < 1.29 is 9.90 Å². The number of carbonyl (C=O) groups is 1. The van der Waals surface area contributed by atoms with Gasteiger partial charge in [0.1, 0.15) is 0 Å². The lowest BCUT2D eigenvalue weighted by Crippen LogP contribution is -2.33. The van der Waals surface area contributed by atoms with Crippen molar-refractivity contribution in [3.05, 3.63) is 10.5 Å². The Morgan fingerprint density at radius 2 is 2.09 bits per heavy atom. The average molecular weight is 172 g/mol. The third kappa shape index (κ3) is 1.12. The fourth-order valence-electron chi connectivity index (χ4n) is 1.15. The summed E-state index contributed by atoms with van der Waals surface area (Å²) in [7, 11) is 0. The van der Waals surface area contributed by atoms with Gasteiger partial charge in [-0.3, -0.25) is 4.79 Å². The standard InChI is InChI=1S/C8H12O2S/c1-4-8(10)5(2)6(3)11-7(8)9/h10H,4H2,1-3H3/t8-/m1/s1. The van der Waals surface area contributed by atoms with Crippen molar-refractivity contribution in [3.63, 3.8) is 0 Å². The molecule has 0 radical (unpaired) electrons. The molecule has 0 bridgehead atoms.